The number of Topliss-reactive ketones (excluding diaryl/α,β-unsaturated/α-hetero) is 1. The number of aromatic hydroxyl groups is 3. The molecule has 2 aromatic carbocycles. The Morgan fingerprint density at radius 1 is 1.17 bits per heavy atom. The molecule has 0 amide bonds. The van der Waals surface area contributed by atoms with Crippen LogP contribution in [0.1, 0.15) is 47.4 Å². The molecule has 3 rings (SSSR count). The molecule has 0 spiro atoms. The smallest absolute Gasteiger partial charge is 0.174 e. The molecule has 0 aromatic heterocycles. The van der Waals surface area contributed by atoms with Gasteiger partial charge in [0.2, 0.25) is 0 Å². The van der Waals surface area contributed by atoms with Gasteiger partial charge in [-0.2, -0.15) is 0 Å². The average Bonchev–Trinajstić information content (AvgIpc) is 2.51. The maximum absolute atomic E-state index is 12.5. The zero-order valence-electron chi connectivity index (χ0n) is 12.7. The van der Waals surface area contributed by atoms with Crippen LogP contribution in [0.4, 0.5) is 0 Å². The summed E-state index contributed by atoms with van der Waals surface area (Å²) in [5, 5.41) is 29.7. The van der Waals surface area contributed by atoms with Crippen molar-refractivity contribution in [2.24, 2.45) is 0 Å². The van der Waals surface area contributed by atoms with Crippen LogP contribution in [0.25, 0.3) is 0 Å². The monoisotopic (exact) mass is 314 g/mol. The number of hydrogen-bond donors (Lipinski definition) is 3. The van der Waals surface area contributed by atoms with Crippen molar-refractivity contribution in [3.05, 3.63) is 47.0 Å². The van der Waals surface area contributed by atoms with Crippen LogP contribution in [-0.4, -0.2) is 21.1 Å². The van der Waals surface area contributed by atoms with E-state index in [0.717, 1.165) is 12.0 Å². The third-order valence-corrected chi connectivity index (χ3v) is 4.03. The van der Waals surface area contributed by atoms with Crippen LogP contribution in [0.5, 0.6) is 23.0 Å². The fraction of sp³-hybridized carbons (Fsp3) is 0.278. The Morgan fingerprint density at radius 3 is 2.52 bits per heavy atom. The lowest BCUT2D eigenvalue weighted by Crippen LogP contribution is -2.20. The van der Waals surface area contributed by atoms with Gasteiger partial charge in [0.25, 0.3) is 0 Å². The highest BCUT2D eigenvalue weighted by Gasteiger charge is 2.32. The summed E-state index contributed by atoms with van der Waals surface area (Å²) in [4.78, 5) is 12.5. The normalized spacial score (nSPS) is 16.7. The van der Waals surface area contributed by atoms with Gasteiger partial charge in [0.1, 0.15) is 34.7 Å². The molecule has 0 aliphatic carbocycles. The zero-order chi connectivity index (χ0) is 16.6. The van der Waals surface area contributed by atoms with Crippen molar-refractivity contribution in [1.82, 2.24) is 0 Å². The second kappa shape index (κ2) is 5.83. The predicted octanol–water partition coefficient (Wildman–Crippen LogP) is 3.46. The number of rotatable bonds is 3. The average molecular weight is 314 g/mol. The molecule has 0 saturated heterocycles. The fourth-order valence-electron chi connectivity index (χ4n) is 2.87. The summed E-state index contributed by atoms with van der Waals surface area (Å²) < 4.78 is 5.80. The molecule has 0 bridgehead atoms. The SMILES string of the molecule is CCCc1c(O)cc2c(c1O)C(=O)C[C@@H](c1ccc(O)cc1)O2. The van der Waals surface area contributed by atoms with Crippen LogP contribution in [0.3, 0.4) is 0 Å². The molecule has 23 heavy (non-hydrogen) atoms. The number of carbonyl (C=O) groups excluding carboxylic acids is 1. The number of fused-ring (bicyclic) bond motifs is 1. The third kappa shape index (κ3) is 2.70. The Morgan fingerprint density at radius 2 is 1.87 bits per heavy atom. The minimum absolute atomic E-state index is 0.0674. The summed E-state index contributed by atoms with van der Waals surface area (Å²) in [7, 11) is 0. The fourth-order valence-corrected chi connectivity index (χ4v) is 2.87. The number of ether oxygens (including phenoxy) is 1. The van der Waals surface area contributed by atoms with Gasteiger partial charge in [-0.1, -0.05) is 25.5 Å². The van der Waals surface area contributed by atoms with Crippen LogP contribution in [0.2, 0.25) is 0 Å². The van der Waals surface area contributed by atoms with Crippen molar-refractivity contribution in [3.63, 3.8) is 0 Å². The Labute approximate surface area is 133 Å². The number of benzene rings is 2. The lowest BCUT2D eigenvalue weighted by atomic mass is 9.92. The summed E-state index contributed by atoms with van der Waals surface area (Å²) in [5.74, 6) is -0.151. The second-order valence-corrected chi connectivity index (χ2v) is 5.67. The molecule has 1 heterocycles. The van der Waals surface area contributed by atoms with Gasteiger partial charge < -0.3 is 20.1 Å². The first-order chi connectivity index (χ1) is 11.0. The van der Waals surface area contributed by atoms with E-state index in [-0.39, 0.29) is 40.8 Å². The number of ketones is 1. The summed E-state index contributed by atoms with van der Waals surface area (Å²) in [6.07, 6.45) is 0.818. The standard InChI is InChI=1S/C18H18O5/c1-2-3-12-13(20)8-16-17(18(12)22)14(21)9-15(23-16)10-4-6-11(19)7-5-10/h4-8,15,19-20,22H,2-3,9H2,1H3/t15-/m0/s1. The lowest BCUT2D eigenvalue weighted by Gasteiger charge is -2.27. The van der Waals surface area contributed by atoms with E-state index in [0.29, 0.717) is 12.0 Å². The van der Waals surface area contributed by atoms with Crippen LogP contribution >= 0.6 is 0 Å². The van der Waals surface area contributed by atoms with Crippen molar-refractivity contribution in [1.29, 1.82) is 0 Å². The number of hydrogen-bond acceptors (Lipinski definition) is 5. The summed E-state index contributed by atoms with van der Waals surface area (Å²) >= 11 is 0. The van der Waals surface area contributed by atoms with Crippen LogP contribution in [0.15, 0.2) is 30.3 Å². The molecule has 2 aromatic rings. The molecular weight excluding hydrogens is 296 g/mol. The summed E-state index contributed by atoms with van der Waals surface area (Å²) in [6, 6.07) is 7.81. The van der Waals surface area contributed by atoms with E-state index in [1.54, 1.807) is 12.1 Å². The predicted molar refractivity (Wildman–Crippen MR) is 84.2 cm³/mol. The van der Waals surface area contributed by atoms with Crippen molar-refractivity contribution in [2.75, 3.05) is 0 Å². The Balaban J connectivity index is 2.00. The van der Waals surface area contributed by atoms with Crippen molar-refractivity contribution < 1.29 is 24.9 Å². The molecule has 0 saturated carbocycles. The second-order valence-electron chi connectivity index (χ2n) is 5.67. The first-order valence-corrected chi connectivity index (χ1v) is 7.57. The molecule has 1 aliphatic heterocycles. The molecule has 0 unspecified atom stereocenters. The zero-order valence-corrected chi connectivity index (χ0v) is 12.7. The molecule has 5 nitrogen and oxygen atoms in total. The highest BCUT2D eigenvalue weighted by Crippen LogP contribution is 2.44. The van der Waals surface area contributed by atoms with Gasteiger partial charge in [0.05, 0.1) is 6.42 Å². The molecular formula is C18H18O5. The van der Waals surface area contributed by atoms with E-state index in [1.807, 2.05) is 6.92 Å². The van der Waals surface area contributed by atoms with E-state index < -0.39 is 6.10 Å². The Hall–Kier alpha value is -2.69. The molecule has 0 fully saturated rings. The minimum Gasteiger partial charge on any atom is -0.508 e. The van der Waals surface area contributed by atoms with Crippen molar-refractivity contribution in [3.8, 4) is 23.0 Å². The van der Waals surface area contributed by atoms with Gasteiger partial charge >= 0.3 is 0 Å². The van der Waals surface area contributed by atoms with Crippen LogP contribution in [0, 0.1) is 0 Å². The minimum atomic E-state index is -0.508. The quantitative estimate of drug-likeness (QED) is 0.807. The molecule has 1 atom stereocenters. The summed E-state index contributed by atoms with van der Waals surface area (Å²) in [6.45, 7) is 1.93. The van der Waals surface area contributed by atoms with E-state index in [4.69, 9.17) is 4.74 Å². The van der Waals surface area contributed by atoms with E-state index in [1.165, 1.54) is 18.2 Å². The van der Waals surface area contributed by atoms with Gasteiger partial charge in [-0.15, -0.1) is 0 Å². The number of phenolic OH excluding ortho intramolecular Hbond substituents is 3. The molecule has 5 heteroatoms. The van der Waals surface area contributed by atoms with Gasteiger partial charge in [-0.05, 0) is 24.1 Å². The van der Waals surface area contributed by atoms with E-state index in [2.05, 4.69) is 0 Å². The third-order valence-electron chi connectivity index (χ3n) is 4.03. The van der Waals surface area contributed by atoms with Gasteiger partial charge in [-0.25, -0.2) is 0 Å². The highest BCUT2D eigenvalue weighted by atomic mass is 16.5. The van der Waals surface area contributed by atoms with E-state index >= 15 is 0 Å². The highest BCUT2D eigenvalue weighted by molar-refractivity contribution is 6.03. The molecule has 0 radical (unpaired) electrons. The van der Waals surface area contributed by atoms with Crippen molar-refractivity contribution >= 4 is 5.78 Å². The van der Waals surface area contributed by atoms with Crippen molar-refractivity contribution in [2.45, 2.75) is 32.3 Å². The van der Waals surface area contributed by atoms with Crippen LogP contribution in [-0.2, 0) is 6.42 Å². The first-order valence-electron chi connectivity index (χ1n) is 7.57. The van der Waals surface area contributed by atoms with Gasteiger partial charge in [-0.3, -0.25) is 4.79 Å². The van der Waals surface area contributed by atoms with Gasteiger partial charge in [0.15, 0.2) is 5.78 Å². The Bertz CT molecular complexity index is 749. The Kier molecular flexibility index (Phi) is 3.86. The topological polar surface area (TPSA) is 87.0 Å². The van der Waals surface area contributed by atoms with Crippen LogP contribution < -0.4 is 4.74 Å². The van der Waals surface area contributed by atoms with E-state index in [9.17, 15) is 20.1 Å². The largest absolute Gasteiger partial charge is 0.508 e. The number of phenols is 3. The van der Waals surface area contributed by atoms with Gasteiger partial charge in [0, 0.05) is 11.6 Å². The maximum Gasteiger partial charge on any atom is 0.174 e. The maximum atomic E-state index is 12.5. The molecule has 1 aliphatic rings. The first kappa shape index (κ1) is 15.2. The molecule has 3 N–H and O–H groups in total. The summed E-state index contributed by atoms with van der Waals surface area (Å²) in [5.41, 5.74) is 1.27. The molecule has 120 valence electrons. The lowest BCUT2D eigenvalue weighted by molar-refractivity contribution is 0.0844. The number of carbonyl (C=O) groups is 1.